The van der Waals surface area contributed by atoms with E-state index in [9.17, 15) is 14.4 Å². The molecule has 10 heteroatoms. The van der Waals surface area contributed by atoms with E-state index >= 15 is 4.39 Å². The Hall–Kier alpha value is -4.47. The average Bonchev–Trinajstić information content (AvgIpc) is 3.43. The maximum atomic E-state index is 15.5. The van der Waals surface area contributed by atoms with Crippen LogP contribution in [0, 0.1) is 5.82 Å². The topological polar surface area (TPSA) is 104 Å². The average molecular weight is 464 g/mol. The third kappa shape index (κ3) is 4.01. The molecule has 0 atom stereocenters. The van der Waals surface area contributed by atoms with Crippen molar-refractivity contribution >= 4 is 28.9 Å². The zero-order valence-electron chi connectivity index (χ0n) is 18.9. The normalized spacial score (nSPS) is 10.9. The van der Waals surface area contributed by atoms with Crippen molar-refractivity contribution < 1.29 is 28.2 Å². The van der Waals surface area contributed by atoms with Gasteiger partial charge in [0.2, 0.25) is 0 Å². The second-order valence-corrected chi connectivity index (χ2v) is 7.55. The summed E-state index contributed by atoms with van der Waals surface area (Å²) in [5.74, 6) is -1.89. The van der Waals surface area contributed by atoms with Gasteiger partial charge in [-0.05, 0) is 24.3 Å². The van der Waals surface area contributed by atoms with Crippen LogP contribution in [0.4, 0.5) is 10.1 Å². The second-order valence-electron chi connectivity index (χ2n) is 7.55. The fourth-order valence-electron chi connectivity index (χ4n) is 3.67. The molecule has 4 rings (SSSR count). The number of fused-ring (bicyclic) bond motifs is 1. The van der Waals surface area contributed by atoms with Crippen molar-refractivity contribution in [3.63, 3.8) is 0 Å². The highest BCUT2D eigenvalue weighted by atomic mass is 19.1. The Morgan fingerprint density at radius 3 is 2.50 bits per heavy atom. The molecule has 0 unspecified atom stereocenters. The van der Waals surface area contributed by atoms with E-state index in [1.807, 2.05) is 0 Å². The van der Waals surface area contributed by atoms with Crippen molar-refractivity contribution in [2.45, 2.75) is 6.92 Å². The highest BCUT2D eigenvalue weighted by Crippen LogP contribution is 2.31. The highest BCUT2D eigenvalue weighted by molar-refractivity contribution is 6.12. The lowest BCUT2D eigenvalue weighted by Crippen LogP contribution is -2.14. The van der Waals surface area contributed by atoms with Gasteiger partial charge in [0.25, 0.3) is 5.91 Å². The number of Topliss-reactive ketones (excluding diaryl/α,β-unsaturated/α-hetero) is 1. The largest absolute Gasteiger partial charge is 0.497 e. The molecule has 3 aromatic heterocycles. The van der Waals surface area contributed by atoms with E-state index in [1.165, 1.54) is 50.2 Å². The molecule has 0 radical (unpaired) electrons. The fourth-order valence-corrected chi connectivity index (χ4v) is 3.67. The van der Waals surface area contributed by atoms with Gasteiger partial charge in [-0.25, -0.2) is 9.18 Å². The number of halogens is 1. The number of nitrogens with one attached hydrogen (secondary N) is 1. The number of aromatic nitrogens is 3. The number of aryl methyl sites for hydroxylation is 1. The predicted molar refractivity (Wildman–Crippen MR) is 122 cm³/mol. The first-order valence-electron chi connectivity index (χ1n) is 10.2. The number of carbonyl (C=O) groups is 3. The van der Waals surface area contributed by atoms with Crippen LogP contribution in [0.1, 0.15) is 38.1 Å². The van der Waals surface area contributed by atoms with Crippen molar-refractivity contribution in [1.82, 2.24) is 14.2 Å². The molecule has 1 amide bonds. The summed E-state index contributed by atoms with van der Waals surface area (Å²) < 4.78 is 28.5. The number of hydrogen-bond acceptors (Lipinski definition) is 6. The summed E-state index contributed by atoms with van der Waals surface area (Å²) >= 11 is 0. The molecule has 1 aromatic carbocycles. The molecule has 0 aliphatic rings. The molecule has 0 spiro atoms. The van der Waals surface area contributed by atoms with E-state index in [1.54, 1.807) is 36.0 Å². The quantitative estimate of drug-likeness (QED) is 0.345. The Balaban J connectivity index is 1.82. The molecule has 0 bridgehead atoms. The molecular formula is C24H21FN4O5. The maximum Gasteiger partial charge on any atom is 0.337 e. The van der Waals surface area contributed by atoms with Crippen LogP contribution in [0.15, 0.2) is 48.9 Å². The third-order valence-electron chi connectivity index (χ3n) is 5.34. The summed E-state index contributed by atoms with van der Waals surface area (Å²) in [5.41, 5.74) is 1.12. The van der Waals surface area contributed by atoms with Gasteiger partial charge < -0.3 is 19.2 Å². The summed E-state index contributed by atoms with van der Waals surface area (Å²) in [6, 6.07) is 7.21. The Morgan fingerprint density at radius 1 is 1.12 bits per heavy atom. The van der Waals surface area contributed by atoms with Gasteiger partial charge in [0.1, 0.15) is 5.75 Å². The number of rotatable bonds is 6. The van der Waals surface area contributed by atoms with Crippen molar-refractivity contribution in [1.29, 1.82) is 0 Å². The SMILES string of the molecule is COC(=O)c1cc(NC(=O)c2cc(C(C)=O)n3ccc(OC)cc23)c(F)c(-c2cnn(C)c2)c1. The van der Waals surface area contributed by atoms with Crippen LogP contribution in [0.3, 0.4) is 0 Å². The first-order valence-corrected chi connectivity index (χ1v) is 10.2. The van der Waals surface area contributed by atoms with Gasteiger partial charge in [-0.15, -0.1) is 0 Å². The molecule has 4 aromatic rings. The minimum atomic E-state index is -0.748. The van der Waals surface area contributed by atoms with E-state index in [0.29, 0.717) is 16.8 Å². The summed E-state index contributed by atoms with van der Waals surface area (Å²) in [6.07, 6.45) is 4.64. The highest BCUT2D eigenvalue weighted by Gasteiger charge is 2.22. The molecule has 34 heavy (non-hydrogen) atoms. The summed E-state index contributed by atoms with van der Waals surface area (Å²) in [7, 11) is 4.36. The Kier molecular flexibility index (Phi) is 5.89. The first kappa shape index (κ1) is 22.7. The standard InChI is InChI=1S/C24H21FN4O5/c1-13(30)20-10-18(21-9-16(33-3)5-6-29(20)21)23(31)27-19-8-14(24(32)34-4)7-17(22(19)25)15-11-26-28(2)12-15/h5-12H,1-4H3,(H,27,31). The molecule has 0 saturated carbocycles. The fraction of sp³-hybridized carbons (Fsp3) is 0.167. The lowest BCUT2D eigenvalue weighted by molar-refractivity contribution is 0.0600. The van der Waals surface area contributed by atoms with Crippen molar-refractivity contribution in [3.05, 3.63) is 71.6 Å². The first-order chi connectivity index (χ1) is 16.2. The lowest BCUT2D eigenvalue weighted by Gasteiger charge is -2.12. The number of nitrogens with zero attached hydrogens (tertiary/aromatic N) is 3. The zero-order chi connectivity index (χ0) is 24.6. The van der Waals surface area contributed by atoms with E-state index in [-0.39, 0.29) is 33.9 Å². The van der Waals surface area contributed by atoms with E-state index in [4.69, 9.17) is 9.47 Å². The number of carbonyl (C=O) groups excluding carboxylic acids is 3. The van der Waals surface area contributed by atoms with Gasteiger partial charge in [-0.3, -0.25) is 14.3 Å². The summed E-state index contributed by atoms with van der Waals surface area (Å²) in [5, 5.41) is 6.57. The number of pyridine rings is 1. The Bertz CT molecular complexity index is 1450. The summed E-state index contributed by atoms with van der Waals surface area (Å²) in [6.45, 7) is 1.38. The number of benzene rings is 1. The number of methoxy groups -OCH3 is 2. The molecule has 0 saturated heterocycles. The minimum absolute atomic E-state index is 0.0471. The van der Waals surface area contributed by atoms with Gasteiger partial charge in [-0.2, -0.15) is 5.10 Å². The van der Waals surface area contributed by atoms with Crippen LogP contribution in [0.5, 0.6) is 5.75 Å². The van der Waals surface area contributed by atoms with E-state index in [0.717, 1.165) is 0 Å². The van der Waals surface area contributed by atoms with E-state index < -0.39 is 17.7 Å². The Morgan fingerprint density at radius 2 is 1.88 bits per heavy atom. The molecule has 9 nitrogen and oxygen atoms in total. The number of hydrogen-bond donors (Lipinski definition) is 1. The Labute approximate surface area is 193 Å². The van der Waals surface area contributed by atoms with Gasteiger partial charge in [0.05, 0.1) is 48.4 Å². The van der Waals surface area contributed by atoms with Crippen LogP contribution in [-0.2, 0) is 11.8 Å². The number of ether oxygens (including phenoxy) is 2. The molecule has 174 valence electrons. The van der Waals surface area contributed by atoms with Crippen LogP contribution in [0.2, 0.25) is 0 Å². The van der Waals surface area contributed by atoms with E-state index in [2.05, 4.69) is 10.4 Å². The van der Waals surface area contributed by atoms with Crippen LogP contribution in [-0.4, -0.2) is 46.1 Å². The maximum absolute atomic E-state index is 15.5. The van der Waals surface area contributed by atoms with Crippen molar-refractivity contribution in [2.24, 2.45) is 7.05 Å². The number of ketones is 1. The smallest absolute Gasteiger partial charge is 0.337 e. The van der Waals surface area contributed by atoms with Crippen molar-refractivity contribution in [3.8, 4) is 16.9 Å². The van der Waals surface area contributed by atoms with Gasteiger partial charge in [0.15, 0.2) is 11.6 Å². The molecule has 3 heterocycles. The predicted octanol–water partition coefficient (Wildman–Crippen LogP) is 3.73. The minimum Gasteiger partial charge on any atom is -0.497 e. The number of esters is 1. The molecule has 0 fully saturated rings. The van der Waals surface area contributed by atoms with Gasteiger partial charge >= 0.3 is 5.97 Å². The van der Waals surface area contributed by atoms with Crippen molar-refractivity contribution in [2.75, 3.05) is 19.5 Å². The lowest BCUT2D eigenvalue weighted by atomic mass is 10.0. The number of amides is 1. The molecule has 0 aliphatic heterocycles. The zero-order valence-corrected chi connectivity index (χ0v) is 18.9. The third-order valence-corrected chi connectivity index (χ3v) is 5.34. The second kappa shape index (κ2) is 8.81. The van der Waals surface area contributed by atoms with Crippen LogP contribution >= 0.6 is 0 Å². The van der Waals surface area contributed by atoms with Gasteiger partial charge in [0, 0.05) is 43.6 Å². The molecule has 1 N–H and O–H groups in total. The monoisotopic (exact) mass is 464 g/mol. The van der Waals surface area contributed by atoms with Crippen LogP contribution < -0.4 is 10.1 Å². The molecule has 0 aliphatic carbocycles. The number of anilines is 1. The van der Waals surface area contributed by atoms with Crippen LogP contribution in [0.25, 0.3) is 16.6 Å². The summed E-state index contributed by atoms with van der Waals surface area (Å²) in [4.78, 5) is 37.6. The van der Waals surface area contributed by atoms with Gasteiger partial charge in [-0.1, -0.05) is 0 Å². The molecular weight excluding hydrogens is 443 g/mol.